The van der Waals surface area contributed by atoms with E-state index in [-0.39, 0.29) is 11.6 Å². The largest absolute Gasteiger partial charge is 0.493 e. The van der Waals surface area contributed by atoms with Gasteiger partial charge in [-0.3, -0.25) is 9.89 Å². The van der Waals surface area contributed by atoms with Crippen LogP contribution >= 0.6 is 0 Å². The average Bonchev–Trinajstić information content (AvgIpc) is 3.28. The van der Waals surface area contributed by atoms with E-state index in [1.54, 1.807) is 14.2 Å². The third-order valence-corrected chi connectivity index (χ3v) is 6.09. The van der Waals surface area contributed by atoms with E-state index in [1.807, 2.05) is 12.1 Å². The molecule has 2 fully saturated rings. The van der Waals surface area contributed by atoms with Crippen molar-refractivity contribution >= 4 is 5.96 Å². The molecule has 3 rings (SSSR count). The van der Waals surface area contributed by atoms with Crippen LogP contribution in [0.1, 0.15) is 45.1 Å². The average molecular weight is 419 g/mol. The number of rotatable bonds is 8. The number of nitrogens with zero attached hydrogens (tertiary/aromatic N) is 2. The smallest absolute Gasteiger partial charge is 0.191 e. The fourth-order valence-electron chi connectivity index (χ4n) is 4.15. The number of aliphatic imine (C=N–C) groups is 1. The van der Waals surface area contributed by atoms with E-state index in [0.29, 0.717) is 6.54 Å². The highest BCUT2D eigenvalue weighted by Crippen LogP contribution is 2.34. The Hall–Kier alpha value is -1.99. The van der Waals surface area contributed by atoms with Crippen LogP contribution in [0, 0.1) is 0 Å². The molecule has 7 nitrogen and oxygen atoms in total. The maximum Gasteiger partial charge on any atom is 0.191 e. The second-order valence-corrected chi connectivity index (χ2v) is 8.66. The van der Waals surface area contributed by atoms with E-state index in [9.17, 15) is 0 Å². The molecule has 2 N–H and O–H groups in total. The van der Waals surface area contributed by atoms with Crippen LogP contribution in [0.2, 0.25) is 0 Å². The summed E-state index contributed by atoms with van der Waals surface area (Å²) in [5.74, 6) is 2.42. The lowest BCUT2D eigenvalue weighted by atomic mass is 10.0. The Morgan fingerprint density at radius 2 is 1.93 bits per heavy atom. The minimum atomic E-state index is 0.0219. The Morgan fingerprint density at radius 3 is 2.60 bits per heavy atom. The number of benzene rings is 1. The Balaban J connectivity index is 1.59. The van der Waals surface area contributed by atoms with Crippen molar-refractivity contribution in [3.8, 4) is 11.5 Å². The molecule has 1 aromatic carbocycles. The van der Waals surface area contributed by atoms with E-state index in [2.05, 4.69) is 40.4 Å². The number of methoxy groups -OCH3 is 1. The standard InChI is InChI=1S/C23H38N4O3/c1-23(2,27-12-14-29-15-13-27)17-26-22(24-3)25-16-18-8-7-11-20(28-4)21(18)30-19-9-5-6-10-19/h7-8,11,19H,5-6,9-10,12-17H2,1-4H3,(H2,24,25,26). The van der Waals surface area contributed by atoms with Crippen molar-refractivity contribution in [2.45, 2.75) is 57.7 Å². The van der Waals surface area contributed by atoms with Crippen LogP contribution in [0.3, 0.4) is 0 Å². The lowest BCUT2D eigenvalue weighted by Crippen LogP contribution is -2.56. The van der Waals surface area contributed by atoms with Crippen molar-refractivity contribution in [3.63, 3.8) is 0 Å². The van der Waals surface area contributed by atoms with E-state index >= 15 is 0 Å². The van der Waals surface area contributed by atoms with Crippen molar-refractivity contribution < 1.29 is 14.2 Å². The van der Waals surface area contributed by atoms with Crippen molar-refractivity contribution in [3.05, 3.63) is 23.8 Å². The lowest BCUT2D eigenvalue weighted by molar-refractivity contribution is -0.00834. The van der Waals surface area contributed by atoms with E-state index in [0.717, 1.165) is 68.7 Å². The molecule has 2 aliphatic rings. The van der Waals surface area contributed by atoms with Crippen LogP contribution < -0.4 is 20.1 Å². The second kappa shape index (κ2) is 10.9. The Bertz CT molecular complexity index is 696. The van der Waals surface area contributed by atoms with Gasteiger partial charge in [0.25, 0.3) is 0 Å². The van der Waals surface area contributed by atoms with Crippen LogP contribution in [0.4, 0.5) is 0 Å². The summed E-state index contributed by atoms with van der Waals surface area (Å²) in [4.78, 5) is 6.87. The van der Waals surface area contributed by atoms with Gasteiger partial charge in [0.2, 0.25) is 0 Å². The molecule has 30 heavy (non-hydrogen) atoms. The molecule has 1 aliphatic carbocycles. The number of ether oxygens (including phenoxy) is 3. The number of hydrogen-bond acceptors (Lipinski definition) is 5. The summed E-state index contributed by atoms with van der Waals surface area (Å²) < 4.78 is 17.4. The van der Waals surface area contributed by atoms with Crippen LogP contribution in [-0.4, -0.2) is 69.5 Å². The molecule has 0 atom stereocenters. The van der Waals surface area contributed by atoms with Gasteiger partial charge in [0, 0.05) is 44.3 Å². The van der Waals surface area contributed by atoms with Crippen molar-refractivity contribution in [1.29, 1.82) is 0 Å². The van der Waals surface area contributed by atoms with Crippen molar-refractivity contribution in [2.24, 2.45) is 4.99 Å². The lowest BCUT2D eigenvalue weighted by Gasteiger charge is -2.41. The second-order valence-electron chi connectivity index (χ2n) is 8.66. The quantitative estimate of drug-likeness (QED) is 0.500. The van der Waals surface area contributed by atoms with E-state index in [4.69, 9.17) is 14.2 Å². The summed E-state index contributed by atoms with van der Waals surface area (Å²) in [6.07, 6.45) is 4.99. The van der Waals surface area contributed by atoms with Gasteiger partial charge in [-0.2, -0.15) is 0 Å². The van der Waals surface area contributed by atoms with Crippen LogP contribution in [0.25, 0.3) is 0 Å². The first-order valence-corrected chi connectivity index (χ1v) is 11.1. The van der Waals surface area contributed by atoms with Gasteiger partial charge in [-0.15, -0.1) is 0 Å². The van der Waals surface area contributed by atoms with E-state index in [1.165, 1.54) is 12.8 Å². The molecule has 0 radical (unpaired) electrons. The van der Waals surface area contributed by atoms with Crippen molar-refractivity contribution in [2.75, 3.05) is 47.0 Å². The first-order chi connectivity index (χ1) is 14.5. The fourth-order valence-corrected chi connectivity index (χ4v) is 4.15. The normalized spacial score (nSPS) is 19.0. The Morgan fingerprint density at radius 1 is 1.20 bits per heavy atom. The SMILES string of the molecule is CN=C(NCc1cccc(OC)c1OC1CCCC1)NCC(C)(C)N1CCOCC1. The fraction of sp³-hybridized carbons (Fsp3) is 0.696. The van der Waals surface area contributed by atoms with Gasteiger partial charge >= 0.3 is 0 Å². The molecule has 0 unspecified atom stereocenters. The maximum atomic E-state index is 6.34. The molecule has 1 saturated carbocycles. The number of guanidine groups is 1. The highest BCUT2D eigenvalue weighted by Gasteiger charge is 2.28. The summed E-state index contributed by atoms with van der Waals surface area (Å²) >= 11 is 0. The van der Waals surface area contributed by atoms with Gasteiger partial charge in [-0.05, 0) is 45.6 Å². The number of morpholine rings is 1. The Kier molecular flexibility index (Phi) is 8.22. The molecule has 0 amide bonds. The van der Waals surface area contributed by atoms with Gasteiger partial charge in [0.1, 0.15) is 0 Å². The van der Waals surface area contributed by atoms with Gasteiger partial charge in [0.15, 0.2) is 17.5 Å². The zero-order chi connectivity index (χ0) is 21.4. The highest BCUT2D eigenvalue weighted by molar-refractivity contribution is 5.79. The molecule has 7 heteroatoms. The van der Waals surface area contributed by atoms with Gasteiger partial charge < -0.3 is 24.8 Å². The molecule has 1 aliphatic heterocycles. The summed E-state index contributed by atoms with van der Waals surface area (Å²) in [5, 5.41) is 6.92. The molecule has 1 heterocycles. The van der Waals surface area contributed by atoms with Gasteiger partial charge in [-0.1, -0.05) is 12.1 Å². The summed E-state index contributed by atoms with van der Waals surface area (Å²) in [6, 6.07) is 6.06. The highest BCUT2D eigenvalue weighted by atomic mass is 16.5. The molecule has 0 bridgehead atoms. The number of hydrogen-bond donors (Lipinski definition) is 2. The molecule has 1 aromatic rings. The molecule has 0 aromatic heterocycles. The monoisotopic (exact) mass is 418 g/mol. The minimum Gasteiger partial charge on any atom is -0.493 e. The van der Waals surface area contributed by atoms with Crippen molar-refractivity contribution in [1.82, 2.24) is 15.5 Å². The number of para-hydroxylation sites is 1. The minimum absolute atomic E-state index is 0.0219. The van der Waals surface area contributed by atoms with Crippen LogP contribution in [0.15, 0.2) is 23.2 Å². The molecule has 168 valence electrons. The molecular weight excluding hydrogens is 380 g/mol. The first kappa shape index (κ1) is 22.7. The van der Waals surface area contributed by atoms with Gasteiger partial charge in [-0.25, -0.2) is 0 Å². The molecule has 0 spiro atoms. The summed E-state index contributed by atoms with van der Waals surface area (Å²) in [6.45, 7) is 9.47. The van der Waals surface area contributed by atoms with Gasteiger partial charge in [0.05, 0.1) is 26.4 Å². The zero-order valence-corrected chi connectivity index (χ0v) is 19.0. The third-order valence-electron chi connectivity index (χ3n) is 6.09. The topological polar surface area (TPSA) is 67.4 Å². The predicted molar refractivity (Wildman–Crippen MR) is 121 cm³/mol. The molecule has 1 saturated heterocycles. The maximum absolute atomic E-state index is 6.34. The first-order valence-electron chi connectivity index (χ1n) is 11.1. The summed E-state index contributed by atoms with van der Waals surface area (Å²) in [7, 11) is 3.50. The summed E-state index contributed by atoms with van der Waals surface area (Å²) in [5.41, 5.74) is 1.10. The number of nitrogens with one attached hydrogen (secondary N) is 2. The molecular formula is C23H38N4O3. The third kappa shape index (κ3) is 6.01. The predicted octanol–water partition coefficient (Wildman–Crippen LogP) is 2.79. The zero-order valence-electron chi connectivity index (χ0n) is 19.0. The Labute approximate surface area is 181 Å². The van der Waals surface area contributed by atoms with E-state index < -0.39 is 0 Å². The van der Waals surface area contributed by atoms with Crippen LogP contribution in [-0.2, 0) is 11.3 Å². The van der Waals surface area contributed by atoms with Crippen LogP contribution in [0.5, 0.6) is 11.5 Å².